The molecule has 2 aliphatic heterocycles. The number of phenols is 2. The first-order valence-corrected chi connectivity index (χ1v) is 21.2. The molecule has 0 saturated heterocycles. The molecular formula is C38H55BrO14P2. The van der Waals surface area contributed by atoms with Gasteiger partial charge in [-0.25, -0.2) is 9.59 Å². The largest absolute Gasteiger partial charge is 0.507 e. The number of carbonyl (C=O) groups excluding carboxylic acids is 2. The van der Waals surface area contributed by atoms with Gasteiger partial charge in [0.2, 0.25) is 0 Å². The zero-order chi connectivity index (χ0) is 41.5. The molecule has 5 rings (SSSR count). The molecule has 2 aromatic carbocycles. The van der Waals surface area contributed by atoms with E-state index in [0.29, 0.717) is 46.6 Å². The Hall–Kier alpha value is -3.00. The number of rotatable bonds is 14. The minimum Gasteiger partial charge on any atom is -0.507 e. The number of methoxy groups -OCH3 is 2. The van der Waals surface area contributed by atoms with Crippen molar-refractivity contribution in [1.82, 2.24) is 0 Å². The highest BCUT2D eigenvalue weighted by Crippen LogP contribution is 2.48. The lowest BCUT2D eigenvalue weighted by molar-refractivity contribution is 0.0523. The van der Waals surface area contributed by atoms with E-state index in [1.165, 1.54) is 40.6 Å². The van der Waals surface area contributed by atoms with E-state index in [0.717, 1.165) is 27.6 Å². The summed E-state index contributed by atoms with van der Waals surface area (Å²) >= 11 is 3.38. The number of benzene rings is 2. The molecule has 0 atom stereocenters. The van der Waals surface area contributed by atoms with Gasteiger partial charge in [0.25, 0.3) is 0 Å². The van der Waals surface area contributed by atoms with Crippen molar-refractivity contribution in [2.24, 2.45) is 0 Å². The van der Waals surface area contributed by atoms with Crippen LogP contribution in [0.5, 0.6) is 23.0 Å². The fourth-order valence-electron chi connectivity index (χ4n) is 5.46. The molecule has 1 saturated carbocycles. The average molecular weight is 878 g/mol. The number of ether oxygens (including phenoxy) is 4. The predicted octanol–water partition coefficient (Wildman–Crippen LogP) is 8.94. The lowest BCUT2D eigenvalue weighted by Crippen LogP contribution is -2.03. The molecular weight excluding hydrogens is 822 g/mol. The Morgan fingerprint density at radius 1 is 0.727 bits per heavy atom. The summed E-state index contributed by atoms with van der Waals surface area (Å²) in [7, 11) is 6.16. The normalized spacial score (nSPS) is 14.3. The molecule has 0 radical (unpaired) electrons. The van der Waals surface area contributed by atoms with Crippen LogP contribution >= 0.6 is 32.1 Å². The van der Waals surface area contributed by atoms with Crippen LogP contribution in [0.4, 0.5) is 0 Å². The lowest BCUT2D eigenvalue weighted by atomic mass is 9.95. The highest BCUT2D eigenvalue weighted by Gasteiger charge is 2.33. The Balaban J connectivity index is 0.000000308. The summed E-state index contributed by atoms with van der Waals surface area (Å²) in [5, 5.41) is 21.7. The topological polar surface area (TPSA) is 175 Å². The zero-order valence-corrected chi connectivity index (χ0v) is 37.0. The Bertz CT molecular complexity index is 1740. The molecule has 2 heterocycles. The van der Waals surface area contributed by atoms with Crippen LogP contribution in [-0.4, -0.2) is 83.4 Å². The Kier molecular flexibility index (Phi) is 20.4. The SMILES string of the molecule is C1CC1.COP(OC)OC.COc1c(C)c2c(c(O)c1C/C=C(\C)CBr)C(=O)OC2.COc1c(C)c2c(c(O)c1C/C=C(\C)CP(=O)(OC)OC)C(=O)OC2. The van der Waals surface area contributed by atoms with Crippen LogP contribution in [0.3, 0.4) is 0 Å². The van der Waals surface area contributed by atoms with Crippen molar-refractivity contribution in [3.8, 4) is 23.0 Å². The number of carbonyl (C=O) groups is 2. The number of cyclic esters (lactones) is 2. The van der Waals surface area contributed by atoms with Crippen LogP contribution < -0.4 is 9.47 Å². The standard InChI is InChI=1S/C17H23O7P.C15H17BrO4.C3H9O3P.C3H6/c1-10(9-25(20,22-4)23-5)6-7-12-15(18)14-13(8-24-17(14)19)11(2)16(12)21-3;1-8(6-16)4-5-10-13(17)12-11(7-20-15(12)18)9(2)14(10)19-3;1-4-7(5-2)6-3;1-2-3-1/h6,18H,7-9H2,1-5H3;4,17H,5-7H2,1-3H3;1-3H3;1-3H2/b10-6+;8-4+;;. The first-order chi connectivity index (χ1) is 26.1. The maximum atomic E-state index is 12.2. The summed E-state index contributed by atoms with van der Waals surface area (Å²) in [4.78, 5) is 23.6. The maximum absolute atomic E-state index is 12.2. The Morgan fingerprint density at radius 3 is 1.40 bits per heavy atom. The Morgan fingerprint density at radius 2 is 1.11 bits per heavy atom. The third-order valence-corrected chi connectivity index (χ3v) is 12.4. The van der Waals surface area contributed by atoms with Crippen molar-refractivity contribution in [1.29, 1.82) is 0 Å². The molecule has 1 aliphatic carbocycles. The van der Waals surface area contributed by atoms with E-state index in [9.17, 15) is 24.4 Å². The first kappa shape index (κ1) is 48.1. The molecule has 0 spiro atoms. The predicted molar refractivity (Wildman–Crippen MR) is 214 cm³/mol. The van der Waals surface area contributed by atoms with Gasteiger partial charge in [-0.05, 0) is 51.7 Å². The van der Waals surface area contributed by atoms with Gasteiger partial charge in [0.15, 0.2) is 0 Å². The number of fused-ring (bicyclic) bond motifs is 2. The van der Waals surface area contributed by atoms with Gasteiger partial charge < -0.3 is 51.8 Å². The van der Waals surface area contributed by atoms with E-state index in [2.05, 4.69) is 29.5 Å². The van der Waals surface area contributed by atoms with Gasteiger partial charge in [0, 0.05) is 63.1 Å². The summed E-state index contributed by atoms with van der Waals surface area (Å²) < 4.78 is 56.9. The van der Waals surface area contributed by atoms with E-state index < -0.39 is 28.1 Å². The van der Waals surface area contributed by atoms with Gasteiger partial charge in [-0.1, -0.05) is 58.5 Å². The number of phenolic OH excluding ortho intramolecular Hbond substituents is 2. The molecule has 2 aromatic rings. The van der Waals surface area contributed by atoms with Gasteiger partial charge in [-0.15, -0.1) is 0 Å². The molecule has 14 nitrogen and oxygen atoms in total. The van der Waals surface area contributed by atoms with Gasteiger partial charge in [0.05, 0.1) is 20.4 Å². The quantitative estimate of drug-likeness (QED) is 0.0796. The average Bonchev–Trinajstić information content (AvgIpc) is 3.94. The molecule has 0 unspecified atom stereocenters. The molecule has 2 N–H and O–H groups in total. The summed E-state index contributed by atoms with van der Waals surface area (Å²) in [5.41, 5.74) is 6.49. The number of esters is 2. The summed E-state index contributed by atoms with van der Waals surface area (Å²) in [6.45, 7) is 7.81. The van der Waals surface area contributed by atoms with E-state index in [1.807, 2.05) is 26.8 Å². The van der Waals surface area contributed by atoms with Crippen molar-refractivity contribution < 1.29 is 65.9 Å². The van der Waals surface area contributed by atoms with Crippen LogP contribution in [0.15, 0.2) is 23.3 Å². The van der Waals surface area contributed by atoms with Crippen LogP contribution in [0.25, 0.3) is 0 Å². The van der Waals surface area contributed by atoms with Crippen molar-refractivity contribution >= 4 is 44.1 Å². The van der Waals surface area contributed by atoms with Crippen LogP contribution in [-0.2, 0) is 62.7 Å². The number of allylic oxidation sites excluding steroid dienone is 4. The zero-order valence-electron chi connectivity index (χ0n) is 33.6. The van der Waals surface area contributed by atoms with Crippen LogP contribution in [0.1, 0.15) is 87.2 Å². The first-order valence-electron chi connectivity index (χ1n) is 17.3. The van der Waals surface area contributed by atoms with Gasteiger partial charge in [0.1, 0.15) is 47.3 Å². The summed E-state index contributed by atoms with van der Waals surface area (Å²) in [6, 6.07) is 0. The van der Waals surface area contributed by atoms with E-state index in [1.54, 1.807) is 41.4 Å². The Labute approximate surface area is 334 Å². The number of hydrogen-bond donors (Lipinski definition) is 2. The van der Waals surface area contributed by atoms with Gasteiger partial charge in [-0.3, -0.25) is 4.57 Å². The highest BCUT2D eigenvalue weighted by atomic mass is 79.9. The molecule has 0 bridgehead atoms. The third-order valence-electron chi connectivity index (χ3n) is 8.62. The number of aromatic hydroxyl groups is 2. The maximum Gasteiger partial charge on any atom is 0.342 e. The van der Waals surface area contributed by atoms with Crippen molar-refractivity contribution in [2.75, 3.05) is 61.3 Å². The molecule has 1 fully saturated rings. The molecule has 17 heteroatoms. The van der Waals surface area contributed by atoms with E-state index >= 15 is 0 Å². The van der Waals surface area contributed by atoms with Gasteiger partial charge >= 0.3 is 28.1 Å². The third kappa shape index (κ3) is 13.0. The van der Waals surface area contributed by atoms with Crippen molar-refractivity contribution in [3.63, 3.8) is 0 Å². The van der Waals surface area contributed by atoms with Crippen molar-refractivity contribution in [2.45, 2.75) is 73.0 Å². The number of halogens is 1. The molecule has 0 aromatic heterocycles. The van der Waals surface area contributed by atoms with Gasteiger partial charge in [-0.2, -0.15) is 0 Å². The molecule has 0 amide bonds. The van der Waals surface area contributed by atoms with E-state index in [-0.39, 0.29) is 42.0 Å². The van der Waals surface area contributed by atoms with Crippen LogP contribution in [0, 0.1) is 13.8 Å². The fourth-order valence-corrected chi connectivity index (χ4v) is 7.28. The van der Waals surface area contributed by atoms with Crippen molar-refractivity contribution in [3.05, 3.63) is 67.8 Å². The van der Waals surface area contributed by atoms with Crippen LogP contribution in [0.2, 0.25) is 0 Å². The minimum absolute atomic E-state index is 0.0245. The fraction of sp³-hybridized carbons (Fsp3) is 0.526. The number of hydrogen-bond acceptors (Lipinski definition) is 14. The molecule has 3 aliphatic rings. The summed E-state index contributed by atoms with van der Waals surface area (Å²) in [5.74, 6) is -0.0261. The minimum atomic E-state index is -3.16. The highest BCUT2D eigenvalue weighted by molar-refractivity contribution is 9.09. The second-order valence-electron chi connectivity index (χ2n) is 12.4. The monoisotopic (exact) mass is 876 g/mol. The molecule has 308 valence electrons. The number of alkyl halides is 1. The second kappa shape index (κ2) is 23.3. The lowest BCUT2D eigenvalue weighted by Gasteiger charge is -2.16. The van der Waals surface area contributed by atoms with E-state index in [4.69, 9.17) is 28.0 Å². The summed E-state index contributed by atoms with van der Waals surface area (Å²) in [6.07, 6.45) is 9.24. The molecule has 55 heavy (non-hydrogen) atoms. The second-order valence-corrected chi connectivity index (χ2v) is 16.8. The smallest absolute Gasteiger partial charge is 0.342 e.